The number of carbonyl (C=O) groups is 1. The first kappa shape index (κ1) is 18.4. The van der Waals surface area contributed by atoms with Crippen LogP contribution in [0.4, 0.5) is 5.13 Å². The first-order chi connectivity index (χ1) is 11.9. The van der Waals surface area contributed by atoms with Crippen LogP contribution in [-0.2, 0) is 0 Å². The molecule has 0 N–H and O–H groups in total. The monoisotopic (exact) mass is 441 g/mol. The zero-order chi connectivity index (χ0) is 18.1. The van der Waals surface area contributed by atoms with Gasteiger partial charge in [-0.3, -0.25) is 9.69 Å². The van der Waals surface area contributed by atoms with Gasteiger partial charge in [-0.1, -0.05) is 29.0 Å². The predicted octanol–water partition coefficient (Wildman–Crippen LogP) is 4.82. The summed E-state index contributed by atoms with van der Waals surface area (Å²) in [5.74, 6) is 0.0492. The van der Waals surface area contributed by atoms with E-state index in [1.54, 1.807) is 17.0 Å². The van der Waals surface area contributed by atoms with Crippen LogP contribution in [0.5, 0.6) is 0 Å². The summed E-state index contributed by atoms with van der Waals surface area (Å²) in [6.45, 7) is 3.19. The lowest BCUT2D eigenvalue weighted by Crippen LogP contribution is -2.36. The molecule has 0 saturated heterocycles. The van der Waals surface area contributed by atoms with E-state index in [1.807, 2.05) is 38.1 Å². The van der Waals surface area contributed by atoms with Crippen LogP contribution in [-0.4, -0.2) is 43.0 Å². The maximum absolute atomic E-state index is 12.9. The predicted molar refractivity (Wildman–Crippen MR) is 106 cm³/mol. The lowest BCUT2D eigenvalue weighted by atomic mass is 10.2. The maximum Gasteiger partial charge on any atom is 0.295 e. The zero-order valence-corrected chi connectivity index (χ0v) is 17.2. The van der Waals surface area contributed by atoms with Crippen molar-refractivity contribution in [2.75, 3.05) is 32.1 Å². The molecule has 2 heterocycles. The summed E-state index contributed by atoms with van der Waals surface area (Å²) >= 11 is 11.0. The number of hydrogen-bond donors (Lipinski definition) is 0. The van der Waals surface area contributed by atoms with Crippen molar-refractivity contribution in [2.24, 2.45) is 0 Å². The molecular weight excluding hydrogens is 426 g/mol. The molecule has 1 aromatic carbocycles. The molecule has 2 aromatic heterocycles. The Hall–Kier alpha value is -1.41. The quantitative estimate of drug-likeness (QED) is 0.568. The highest BCUT2D eigenvalue weighted by atomic mass is 79.9. The smallest absolute Gasteiger partial charge is 0.295 e. The standard InChI is InChI=1S/C17H17BrClN3O2S/c1-10-4-5-11(19)15-14(10)20-17(25-15)22(9-8-21(2)3)16(23)12-6-7-13(18)24-12/h4-7H,8-9H2,1-3H3. The van der Waals surface area contributed by atoms with E-state index in [1.165, 1.54) is 11.3 Å². The van der Waals surface area contributed by atoms with Gasteiger partial charge in [0.1, 0.15) is 0 Å². The van der Waals surface area contributed by atoms with E-state index in [9.17, 15) is 4.79 Å². The summed E-state index contributed by atoms with van der Waals surface area (Å²) in [5.41, 5.74) is 1.86. The molecule has 5 nitrogen and oxygen atoms in total. The van der Waals surface area contributed by atoms with Gasteiger partial charge in [0.05, 0.1) is 15.2 Å². The van der Waals surface area contributed by atoms with Gasteiger partial charge in [0, 0.05) is 13.1 Å². The normalized spacial score (nSPS) is 11.4. The Morgan fingerprint density at radius 1 is 1.28 bits per heavy atom. The molecule has 0 aliphatic rings. The van der Waals surface area contributed by atoms with Crippen LogP contribution in [0.3, 0.4) is 0 Å². The van der Waals surface area contributed by atoms with Gasteiger partial charge in [0.15, 0.2) is 15.6 Å². The van der Waals surface area contributed by atoms with Gasteiger partial charge in [0.2, 0.25) is 0 Å². The molecule has 1 amide bonds. The number of anilines is 1. The van der Waals surface area contributed by atoms with E-state index in [0.29, 0.717) is 27.9 Å². The molecule has 0 bridgehead atoms. The van der Waals surface area contributed by atoms with Crippen molar-refractivity contribution in [2.45, 2.75) is 6.92 Å². The van der Waals surface area contributed by atoms with Crippen molar-refractivity contribution < 1.29 is 9.21 Å². The second kappa shape index (κ2) is 7.45. The number of halogens is 2. The summed E-state index contributed by atoms with van der Waals surface area (Å²) in [6, 6.07) is 7.15. The molecule has 0 spiro atoms. The third-order valence-electron chi connectivity index (χ3n) is 3.72. The number of hydrogen-bond acceptors (Lipinski definition) is 5. The number of fused-ring (bicyclic) bond motifs is 1. The lowest BCUT2D eigenvalue weighted by Gasteiger charge is -2.20. The molecule has 0 unspecified atom stereocenters. The van der Waals surface area contributed by atoms with Gasteiger partial charge in [-0.05, 0) is 60.7 Å². The van der Waals surface area contributed by atoms with Gasteiger partial charge >= 0.3 is 0 Å². The second-order valence-corrected chi connectivity index (χ2v) is 8.07. The minimum absolute atomic E-state index is 0.222. The lowest BCUT2D eigenvalue weighted by molar-refractivity contribution is 0.0957. The Balaban J connectivity index is 2.03. The summed E-state index contributed by atoms with van der Waals surface area (Å²) < 4.78 is 6.85. The van der Waals surface area contributed by atoms with Crippen LogP contribution in [0.25, 0.3) is 10.2 Å². The van der Waals surface area contributed by atoms with Crippen LogP contribution < -0.4 is 4.90 Å². The number of rotatable bonds is 5. The number of benzene rings is 1. The summed E-state index contributed by atoms with van der Waals surface area (Å²) in [7, 11) is 3.93. The Morgan fingerprint density at radius 2 is 2.04 bits per heavy atom. The number of aromatic nitrogens is 1. The van der Waals surface area contributed by atoms with Crippen LogP contribution >= 0.6 is 38.9 Å². The van der Waals surface area contributed by atoms with E-state index in [2.05, 4.69) is 20.9 Å². The Bertz CT molecular complexity index is 883. The minimum Gasteiger partial charge on any atom is -0.444 e. The van der Waals surface area contributed by atoms with E-state index >= 15 is 0 Å². The van der Waals surface area contributed by atoms with Crippen LogP contribution in [0.1, 0.15) is 16.1 Å². The van der Waals surface area contributed by atoms with Gasteiger partial charge in [-0.15, -0.1) is 0 Å². The fourth-order valence-corrected chi connectivity index (χ4v) is 4.00. The zero-order valence-electron chi connectivity index (χ0n) is 14.0. The van der Waals surface area contributed by atoms with E-state index in [4.69, 9.17) is 16.0 Å². The molecule has 3 rings (SSSR count). The van der Waals surface area contributed by atoms with Crippen molar-refractivity contribution >= 4 is 60.1 Å². The molecule has 0 saturated carbocycles. The third kappa shape index (κ3) is 3.89. The Morgan fingerprint density at radius 3 is 2.64 bits per heavy atom. The van der Waals surface area contributed by atoms with Crippen molar-refractivity contribution in [1.29, 1.82) is 0 Å². The third-order valence-corrected chi connectivity index (χ3v) is 5.68. The topological polar surface area (TPSA) is 49.6 Å². The van der Waals surface area contributed by atoms with E-state index < -0.39 is 0 Å². The van der Waals surface area contributed by atoms with Crippen LogP contribution in [0, 0.1) is 6.92 Å². The Kier molecular flexibility index (Phi) is 5.48. The number of aryl methyl sites for hydroxylation is 1. The fraction of sp³-hybridized carbons (Fsp3) is 0.294. The molecule has 0 radical (unpaired) electrons. The molecule has 8 heteroatoms. The van der Waals surface area contributed by atoms with Crippen LogP contribution in [0.15, 0.2) is 33.4 Å². The number of thiazole rings is 1. The molecule has 0 aliphatic carbocycles. The van der Waals surface area contributed by atoms with Gasteiger partial charge in [0.25, 0.3) is 5.91 Å². The highest BCUT2D eigenvalue weighted by Crippen LogP contribution is 2.36. The SMILES string of the molecule is Cc1ccc(Cl)c2sc(N(CCN(C)C)C(=O)c3ccc(Br)o3)nc12. The van der Waals surface area contributed by atoms with E-state index in [0.717, 1.165) is 15.8 Å². The first-order valence-electron chi connectivity index (χ1n) is 7.64. The average Bonchev–Trinajstić information content (AvgIpc) is 3.18. The molecule has 3 aromatic rings. The van der Waals surface area contributed by atoms with Crippen molar-refractivity contribution in [1.82, 2.24) is 9.88 Å². The van der Waals surface area contributed by atoms with Crippen molar-refractivity contribution in [3.63, 3.8) is 0 Å². The van der Waals surface area contributed by atoms with Gasteiger partial charge in [-0.25, -0.2) is 4.98 Å². The van der Waals surface area contributed by atoms with Gasteiger partial charge in [-0.2, -0.15) is 0 Å². The largest absolute Gasteiger partial charge is 0.444 e. The summed E-state index contributed by atoms with van der Waals surface area (Å²) in [6.07, 6.45) is 0. The van der Waals surface area contributed by atoms with E-state index in [-0.39, 0.29) is 11.7 Å². The minimum atomic E-state index is -0.222. The molecule has 132 valence electrons. The highest BCUT2D eigenvalue weighted by molar-refractivity contribution is 9.10. The van der Waals surface area contributed by atoms with Gasteiger partial charge < -0.3 is 9.32 Å². The molecular formula is C17H17BrClN3O2S. The fourth-order valence-electron chi connectivity index (χ4n) is 2.35. The number of amides is 1. The Labute approximate surface area is 163 Å². The second-order valence-electron chi connectivity index (χ2n) is 5.90. The molecule has 25 heavy (non-hydrogen) atoms. The number of likely N-dealkylation sites (N-methyl/N-ethyl adjacent to an activating group) is 1. The molecule has 0 atom stereocenters. The summed E-state index contributed by atoms with van der Waals surface area (Å²) in [4.78, 5) is 21.3. The number of furan rings is 1. The molecule has 0 aliphatic heterocycles. The van der Waals surface area contributed by atoms with Crippen molar-refractivity contribution in [3.05, 3.63) is 45.3 Å². The highest BCUT2D eigenvalue weighted by Gasteiger charge is 2.24. The number of carbonyl (C=O) groups excluding carboxylic acids is 1. The first-order valence-corrected chi connectivity index (χ1v) is 9.63. The number of nitrogens with zero attached hydrogens (tertiary/aromatic N) is 3. The summed E-state index contributed by atoms with van der Waals surface area (Å²) in [5, 5.41) is 1.26. The van der Waals surface area contributed by atoms with Crippen molar-refractivity contribution in [3.8, 4) is 0 Å². The average molecular weight is 443 g/mol. The molecule has 0 fully saturated rings. The maximum atomic E-state index is 12.9. The van der Waals surface area contributed by atoms with Crippen LogP contribution in [0.2, 0.25) is 5.02 Å².